The van der Waals surface area contributed by atoms with Crippen molar-refractivity contribution in [3.8, 4) is 0 Å². The van der Waals surface area contributed by atoms with E-state index in [1.807, 2.05) is 0 Å². The standard InChI is InChI=1S/C16H25N3OS/c1-20-9-7-17-13-16(5-3-2-4-6-16)11-14-12-19-8-10-21-15(19)18-14/h8,10,12,17H,2-7,9,11,13H2,1H3. The molecule has 5 heteroatoms. The normalized spacial score (nSPS) is 18.3. The molecule has 0 atom stereocenters. The van der Waals surface area contributed by atoms with E-state index in [4.69, 9.17) is 9.72 Å². The third-order valence-electron chi connectivity index (χ3n) is 4.60. The highest BCUT2D eigenvalue weighted by atomic mass is 32.1. The van der Waals surface area contributed by atoms with Gasteiger partial charge in [-0.25, -0.2) is 4.98 Å². The van der Waals surface area contributed by atoms with E-state index >= 15 is 0 Å². The second kappa shape index (κ2) is 6.90. The van der Waals surface area contributed by atoms with Gasteiger partial charge in [-0.15, -0.1) is 11.3 Å². The molecule has 21 heavy (non-hydrogen) atoms. The van der Waals surface area contributed by atoms with Gasteiger partial charge in [-0.1, -0.05) is 19.3 Å². The molecule has 0 aromatic carbocycles. The molecule has 1 saturated carbocycles. The topological polar surface area (TPSA) is 38.6 Å². The quantitative estimate of drug-likeness (QED) is 0.799. The molecule has 0 spiro atoms. The summed E-state index contributed by atoms with van der Waals surface area (Å²) in [5.74, 6) is 0. The molecule has 4 nitrogen and oxygen atoms in total. The van der Waals surface area contributed by atoms with Gasteiger partial charge in [0.05, 0.1) is 12.3 Å². The van der Waals surface area contributed by atoms with Crippen LogP contribution in [0.1, 0.15) is 37.8 Å². The highest BCUT2D eigenvalue weighted by Gasteiger charge is 2.32. The number of imidazole rings is 1. The number of nitrogens with one attached hydrogen (secondary N) is 1. The van der Waals surface area contributed by atoms with Crippen LogP contribution in [-0.4, -0.2) is 36.2 Å². The van der Waals surface area contributed by atoms with E-state index < -0.39 is 0 Å². The molecule has 0 radical (unpaired) electrons. The summed E-state index contributed by atoms with van der Waals surface area (Å²) in [6.07, 6.45) is 12.1. The smallest absolute Gasteiger partial charge is 0.193 e. The molecule has 1 aliphatic rings. The van der Waals surface area contributed by atoms with Gasteiger partial charge in [0.15, 0.2) is 4.96 Å². The van der Waals surface area contributed by atoms with Crippen LogP contribution in [0, 0.1) is 5.41 Å². The first-order chi connectivity index (χ1) is 10.3. The lowest BCUT2D eigenvalue weighted by atomic mass is 9.71. The molecule has 1 fully saturated rings. The first-order valence-electron chi connectivity index (χ1n) is 7.92. The Morgan fingerprint density at radius 3 is 3.00 bits per heavy atom. The molecular formula is C16H25N3OS. The average molecular weight is 307 g/mol. The highest BCUT2D eigenvalue weighted by molar-refractivity contribution is 7.15. The van der Waals surface area contributed by atoms with Crippen LogP contribution in [0.2, 0.25) is 0 Å². The third-order valence-corrected chi connectivity index (χ3v) is 5.37. The predicted molar refractivity (Wildman–Crippen MR) is 87.0 cm³/mol. The van der Waals surface area contributed by atoms with Gasteiger partial charge < -0.3 is 10.1 Å². The number of thiazole rings is 1. The summed E-state index contributed by atoms with van der Waals surface area (Å²) >= 11 is 1.71. The minimum Gasteiger partial charge on any atom is -0.383 e. The summed E-state index contributed by atoms with van der Waals surface area (Å²) in [5, 5.41) is 5.68. The number of hydrogen-bond acceptors (Lipinski definition) is 4. The predicted octanol–water partition coefficient (Wildman–Crippen LogP) is 3.12. The number of aromatic nitrogens is 2. The van der Waals surface area contributed by atoms with Crippen molar-refractivity contribution in [3.63, 3.8) is 0 Å². The van der Waals surface area contributed by atoms with Gasteiger partial charge in [-0.2, -0.15) is 0 Å². The second-order valence-electron chi connectivity index (χ2n) is 6.23. The van der Waals surface area contributed by atoms with Crippen molar-refractivity contribution in [1.29, 1.82) is 0 Å². The van der Waals surface area contributed by atoms with Crippen molar-refractivity contribution < 1.29 is 4.74 Å². The molecule has 0 aliphatic heterocycles. The molecule has 1 aliphatic carbocycles. The van der Waals surface area contributed by atoms with Crippen molar-refractivity contribution in [2.45, 2.75) is 38.5 Å². The van der Waals surface area contributed by atoms with Crippen LogP contribution in [0.4, 0.5) is 0 Å². The maximum Gasteiger partial charge on any atom is 0.193 e. The molecule has 0 amide bonds. The monoisotopic (exact) mass is 307 g/mol. The fourth-order valence-corrected chi connectivity index (χ4v) is 4.21. The number of rotatable bonds is 7. The number of nitrogens with zero attached hydrogens (tertiary/aromatic N) is 2. The number of ether oxygens (including phenoxy) is 1. The SMILES string of the molecule is COCCNCC1(Cc2cn3ccsc3n2)CCCCC1. The Morgan fingerprint density at radius 2 is 2.24 bits per heavy atom. The summed E-state index contributed by atoms with van der Waals surface area (Å²) in [5.41, 5.74) is 1.63. The molecule has 0 unspecified atom stereocenters. The zero-order valence-corrected chi connectivity index (χ0v) is 13.6. The Morgan fingerprint density at radius 1 is 1.38 bits per heavy atom. The van der Waals surface area contributed by atoms with Gasteiger partial charge >= 0.3 is 0 Å². The van der Waals surface area contributed by atoms with Crippen LogP contribution in [0.25, 0.3) is 4.96 Å². The Balaban J connectivity index is 1.67. The van der Waals surface area contributed by atoms with Crippen molar-refractivity contribution in [2.24, 2.45) is 5.41 Å². The van der Waals surface area contributed by atoms with Crippen LogP contribution in [0.15, 0.2) is 17.8 Å². The van der Waals surface area contributed by atoms with Crippen molar-refractivity contribution in [1.82, 2.24) is 14.7 Å². The van der Waals surface area contributed by atoms with E-state index in [0.717, 1.165) is 31.1 Å². The summed E-state index contributed by atoms with van der Waals surface area (Å²) in [6, 6.07) is 0. The van der Waals surface area contributed by atoms with Gasteiger partial charge in [0.2, 0.25) is 0 Å². The number of methoxy groups -OCH3 is 1. The second-order valence-corrected chi connectivity index (χ2v) is 7.11. The van der Waals surface area contributed by atoms with Gasteiger partial charge in [-0.05, 0) is 24.7 Å². The summed E-state index contributed by atoms with van der Waals surface area (Å²) < 4.78 is 7.28. The van der Waals surface area contributed by atoms with Crippen LogP contribution >= 0.6 is 11.3 Å². The van der Waals surface area contributed by atoms with Gasteiger partial charge in [-0.3, -0.25) is 4.40 Å². The molecule has 116 valence electrons. The molecule has 2 aromatic rings. The first-order valence-corrected chi connectivity index (χ1v) is 8.80. The van der Waals surface area contributed by atoms with Crippen molar-refractivity contribution in [2.75, 3.05) is 26.8 Å². The Kier molecular flexibility index (Phi) is 4.93. The largest absolute Gasteiger partial charge is 0.383 e. The zero-order valence-electron chi connectivity index (χ0n) is 12.8. The molecule has 0 saturated heterocycles. The lowest BCUT2D eigenvalue weighted by Crippen LogP contribution is -2.39. The average Bonchev–Trinajstić information content (AvgIpc) is 3.06. The maximum atomic E-state index is 5.14. The van der Waals surface area contributed by atoms with E-state index in [0.29, 0.717) is 5.41 Å². The lowest BCUT2D eigenvalue weighted by Gasteiger charge is -2.37. The van der Waals surface area contributed by atoms with E-state index in [9.17, 15) is 0 Å². The molecule has 2 aromatic heterocycles. The number of hydrogen-bond donors (Lipinski definition) is 1. The fraction of sp³-hybridized carbons (Fsp3) is 0.688. The first kappa shape index (κ1) is 15.0. The Hall–Kier alpha value is -0.910. The van der Waals surface area contributed by atoms with Crippen LogP contribution in [0.3, 0.4) is 0 Å². The summed E-state index contributed by atoms with van der Waals surface area (Å²) in [4.78, 5) is 5.90. The third kappa shape index (κ3) is 3.65. The molecule has 2 heterocycles. The van der Waals surface area contributed by atoms with Gasteiger partial charge in [0, 0.05) is 38.0 Å². The van der Waals surface area contributed by atoms with Crippen LogP contribution in [0.5, 0.6) is 0 Å². The zero-order chi connectivity index (χ0) is 14.5. The van der Waals surface area contributed by atoms with E-state index in [-0.39, 0.29) is 0 Å². The Bertz CT molecular complexity index is 528. The van der Waals surface area contributed by atoms with E-state index in [2.05, 4.69) is 27.5 Å². The molecule has 1 N–H and O–H groups in total. The maximum absolute atomic E-state index is 5.14. The highest BCUT2D eigenvalue weighted by Crippen LogP contribution is 2.38. The minimum absolute atomic E-state index is 0.385. The van der Waals surface area contributed by atoms with E-state index in [1.54, 1.807) is 18.4 Å². The number of fused-ring (bicyclic) bond motifs is 1. The molecule has 3 rings (SSSR count). The van der Waals surface area contributed by atoms with Gasteiger partial charge in [0.1, 0.15) is 0 Å². The van der Waals surface area contributed by atoms with Crippen LogP contribution < -0.4 is 5.32 Å². The fourth-order valence-electron chi connectivity index (χ4n) is 3.49. The summed E-state index contributed by atoms with van der Waals surface area (Å²) in [7, 11) is 1.76. The Labute approximate surface area is 130 Å². The van der Waals surface area contributed by atoms with Crippen LogP contribution in [-0.2, 0) is 11.2 Å². The van der Waals surface area contributed by atoms with E-state index in [1.165, 1.54) is 37.8 Å². The van der Waals surface area contributed by atoms with Crippen molar-refractivity contribution >= 4 is 16.3 Å². The van der Waals surface area contributed by atoms with Gasteiger partial charge in [0.25, 0.3) is 0 Å². The summed E-state index contributed by atoms with van der Waals surface area (Å²) in [6.45, 7) is 2.81. The molecule has 0 bridgehead atoms. The molecular weight excluding hydrogens is 282 g/mol. The minimum atomic E-state index is 0.385. The lowest BCUT2D eigenvalue weighted by molar-refractivity contribution is 0.161. The van der Waals surface area contributed by atoms with Crippen molar-refractivity contribution in [3.05, 3.63) is 23.5 Å².